The predicted molar refractivity (Wildman–Crippen MR) is 47.1 cm³/mol. The molecule has 1 aromatic rings. The second-order valence-corrected chi connectivity index (χ2v) is 2.56. The smallest absolute Gasteiger partial charge is 0.192 e. The van der Waals surface area contributed by atoms with Crippen LogP contribution in [0.15, 0.2) is 30.9 Å². The van der Waals surface area contributed by atoms with Crippen LogP contribution in [0.2, 0.25) is 0 Å². The number of ether oxygens (including phenoxy) is 1. The van der Waals surface area contributed by atoms with Crippen molar-refractivity contribution in [3.8, 4) is 5.75 Å². The number of carbonyl (C=O) groups is 1. The second-order valence-electron chi connectivity index (χ2n) is 2.56. The third-order valence-corrected chi connectivity index (χ3v) is 1.44. The van der Waals surface area contributed by atoms with E-state index in [1.54, 1.807) is 0 Å². The molecule has 0 radical (unpaired) electrons. The highest BCUT2D eigenvalue weighted by atomic mass is 19.1. The summed E-state index contributed by atoms with van der Waals surface area (Å²) in [6.45, 7) is 2.96. The molecule has 0 saturated heterocycles. The zero-order valence-electron chi connectivity index (χ0n) is 7.30. The van der Waals surface area contributed by atoms with Crippen molar-refractivity contribution < 1.29 is 18.3 Å². The number of hydrogen-bond donors (Lipinski definition) is 0. The van der Waals surface area contributed by atoms with Gasteiger partial charge in [-0.2, -0.15) is 0 Å². The van der Waals surface area contributed by atoms with Crippen molar-refractivity contribution in [1.29, 1.82) is 0 Å². The van der Waals surface area contributed by atoms with Crippen LogP contribution < -0.4 is 4.74 Å². The van der Waals surface area contributed by atoms with E-state index in [0.29, 0.717) is 0 Å². The van der Waals surface area contributed by atoms with Crippen molar-refractivity contribution in [3.63, 3.8) is 0 Å². The van der Waals surface area contributed by atoms with Crippen molar-refractivity contribution >= 4 is 5.78 Å². The van der Waals surface area contributed by atoms with Crippen LogP contribution in [0.5, 0.6) is 5.75 Å². The molecule has 14 heavy (non-hydrogen) atoms. The summed E-state index contributed by atoms with van der Waals surface area (Å²) in [5.41, 5.74) is 0. The maximum atomic E-state index is 12.6. The largest absolute Gasteiger partial charge is 0.485 e. The summed E-state index contributed by atoms with van der Waals surface area (Å²) in [5, 5.41) is 0. The first-order chi connectivity index (χ1) is 6.61. The van der Waals surface area contributed by atoms with Gasteiger partial charge in [0.25, 0.3) is 0 Å². The highest BCUT2D eigenvalue weighted by molar-refractivity contribution is 5.90. The Labute approximate surface area is 79.8 Å². The van der Waals surface area contributed by atoms with Gasteiger partial charge in [-0.25, -0.2) is 8.78 Å². The van der Waals surface area contributed by atoms with Gasteiger partial charge in [0.15, 0.2) is 12.4 Å². The minimum absolute atomic E-state index is 0.0160. The molecule has 1 rings (SSSR count). The zero-order chi connectivity index (χ0) is 10.6. The second kappa shape index (κ2) is 4.50. The number of carbonyl (C=O) groups excluding carboxylic acids is 1. The first-order valence-corrected chi connectivity index (χ1v) is 3.86. The normalized spacial score (nSPS) is 9.57. The van der Waals surface area contributed by atoms with Crippen LogP contribution in [-0.2, 0) is 4.79 Å². The predicted octanol–water partition coefficient (Wildman–Crippen LogP) is 2.10. The quantitative estimate of drug-likeness (QED) is 0.692. The summed E-state index contributed by atoms with van der Waals surface area (Å²) < 4.78 is 30.0. The number of halogens is 2. The van der Waals surface area contributed by atoms with Gasteiger partial charge in [0, 0.05) is 18.2 Å². The Morgan fingerprint density at radius 3 is 2.43 bits per heavy atom. The molecule has 0 aliphatic heterocycles. The molecule has 2 nitrogen and oxygen atoms in total. The number of rotatable bonds is 4. The van der Waals surface area contributed by atoms with E-state index < -0.39 is 11.6 Å². The van der Waals surface area contributed by atoms with Gasteiger partial charge in [-0.15, -0.1) is 0 Å². The summed E-state index contributed by atoms with van der Waals surface area (Å²) in [4.78, 5) is 10.7. The van der Waals surface area contributed by atoms with Crippen LogP contribution in [0, 0.1) is 11.6 Å². The summed E-state index contributed by atoms with van der Waals surface area (Å²) >= 11 is 0. The minimum atomic E-state index is -0.744. The minimum Gasteiger partial charge on any atom is -0.485 e. The van der Waals surface area contributed by atoms with E-state index in [0.717, 1.165) is 24.3 Å². The monoisotopic (exact) mass is 198 g/mol. The highest BCUT2D eigenvalue weighted by Gasteiger charge is 2.02. The average Bonchev–Trinajstić information content (AvgIpc) is 2.12. The number of hydrogen-bond acceptors (Lipinski definition) is 2. The molecular weight excluding hydrogens is 190 g/mol. The maximum absolute atomic E-state index is 12.6. The van der Waals surface area contributed by atoms with Gasteiger partial charge in [0.05, 0.1) is 0 Å². The molecule has 4 heteroatoms. The summed E-state index contributed by atoms with van der Waals surface area (Å²) in [5.74, 6) is -1.86. The third-order valence-electron chi connectivity index (χ3n) is 1.44. The van der Waals surface area contributed by atoms with Crippen LogP contribution in [0.4, 0.5) is 8.78 Å². The van der Waals surface area contributed by atoms with Crippen molar-refractivity contribution in [3.05, 3.63) is 42.5 Å². The molecule has 0 atom stereocenters. The molecule has 0 fully saturated rings. The summed E-state index contributed by atoms with van der Waals surface area (Å²) in [6, 6.07) is 2.72. The first-order valence-electron chi connectivity index (χ1n) is 3.86. The Balaban J connectivity index is 2.67. The van der Waals surface area contributed by atoms with E-state index in [1.165, 1.54) is 0 Å². The fraction of sp³-hybridized carbons (Fsp3) is 0.100. The van der Waals surface area contributed by atoms with Crippen molar-refractivity contribution in [2.75, 3.05) is 6.61 Å². The fourth-order valence-corrected chi connectivity index (χ4v) is 0.825. The van der Waals surface area contributed by atoms with E-state index in [1.807, 2.05) is 0 Å². The Hall–Kier alpha value is -1.71. The lowest BCUT2D eigenvalue weighted by atomic mass is 10.3. The highest BCUT2D eigenvalue weighted by Crippen LogP contribution is 2.14. The number of benzene rings is 1. The maximum Gasteiger partial charge on any atom is 0.192 e. The summed E-state index contributed by atoms with van der Waals surface area (Å²) in [6.07, 6.45) is 1.08. The van der Waals surface area contributed by atoms with Crippen LogP contribution >= 0.6 is 0 Å². The molecule has 0 aliphatic carbocycles. The van der Waals surface area contributed by atoms with Gasteiger partial charge in [-0.1, -0.05) is 6.58 Å². The van der Waals surface area contributed by atoms with Gasteiger partial charge < -0.3 is 4.74 Å². The Morgan fingerprint density at radius 2 is 1.93 bits per heavy atom. The fourth-order valence-electron chi connectivity index (χ4n) is 0.825. The molecule has 0 heterocycles. The molecule has 0 N–H and O–H groups in total. The van der Waals surface area contributed by atoms with Crippen LogP contribution in [0.1, 0.15) is 0 Å². The molecule has 0 saturated carbocycles. The van der Waals surface area contributed by atoms with E-state index >= 15 is 0 Å². The molecular formula is C10H8F2O2. The molecule has 0 bridgehead atoms. The zero-order valence-corrected chi connectivity index (χ0v) is 7.30. The lowest BCUT2D eigenvalue weighted by Gasteiger charge is -2.03. The SMILES string of the molecule is C=CC(=O)COc1cc(F)cc(F)c1. The lowest BCUT2D eigenvalue weighted by Crippen LogP contribution is -2.07. The molecule has 0 amide bonds. The molecule has 74 valence electrons. The number of ketones is 1. The van der Waals surface area contributed by atoms with Gasteiger partial charge >= 0.3 is 0 Å². The topological polar surface area (TPSA) is 26.3 Å². The Kier molecular flexibility index (Phi) is 3.34. The molecule has 0 aromatic heterocycles. The van der Waals surface area contributed by atoms with Gasteiger partial charge in [0.2, 0.25) is 0 Å². The molecule has 0 unspecified atom stereocenters. The van der Waals surface area contributed by atoms with E-state index in [9.17, 15) is 13.6 Å². The van der Waals surface area contributed by atoms with Crippen LogP contribution in [0.25, 0.3) is 0 Å². The molecule has 1 aromatic carbocycles. The van der Waals surface area contributed by atoms with E-state index in [-0.39, 0.29) is 18.1 Å². The van der Waals surface area contributed by atoms with Gasteiger partial charge in [-0.05, 0) is 6.08 Å². The standard InChI is InChI=1S/C10H8F2O2/c1-2-9(13)6-14-10-4-7(11)3-8(12)5-10/h2-5H,1,6H2. The molecule has 0 spiro atoms. The van der Waals surface area contributed by atoms with Crippen molar-refractivity contribution in [2.45, 2.75) is 0 Å². The van der Waals surface area contributed by atoms with Gasteiger partial charge in [0.1, 0.15) is 17.4 Å². The van der Waals surface area contributed by atoms with Crippen molar-refractivity contribution in [1.82, 2.24) is 0 Å². The average molecular weight is 198 g/mol. The van der Waals surface area contributed by atoms with Gasteiger partial charge in [-0.3, -0.25) is 4.79 Å². The van der Waals surface area contributed by atoms with E-state index in [2.05, 4.69) is 6.58 Å². The molecule has 0 aliphatic rings. The first kappa shape index (κ1) is 10.4. The third kappa shape index (κ3) is 2.97. The van der Waals surface area contributed by atoms with E-state index in [4.69, 9.17) is 4.74 Å². The Bertz CT molecular complexity index is 341. The Morgan fingerprint density at radius 1 is 1.36 bits per heavy atom. The van der Waals surface area contributed by atoms with Crippen LogP contribution in [0.3, 0.4) is 0 Å². The van der Waals surface area contributed by atoms with Crippen LogP contribution in [-0.4, -0.2) is 12.4 Å². The lowest BCUT2D eigenvalue weighted by molar-refractivity contribution is -0.116. The van der Waals surface area contributed by atoms with Crippen molar-refractivity contribution in [2.24, 2.45) is 0 Å². The summed E-state index contributed by atoms with van der Waals surface area (Å²) in [7, 11) is 0.